The number of aromatic nitrogens is 2. The number of rotatable bonds is 2. The van der Waals surface area contributed by atoms with E-state index in [1.54, 1.807) is 0 Å². The summed E-state index contributed by atoms with van der Waals surface area (Å²) in [5.41, 5.74) is 7.31. The largest absolute Gasteiger partial charge is 0.403 e. The van der Waals surface area contributed by atoms with Crippen LogP contribution in [0.5, 0.6) is 0 Å². The molecule has 3 rings (SSSR count). The van der Waals surface area contributed by atoms with E-state index in [-0.39, 0.29) is 0 Å². The lowest BCUT2D eigenvalue weighted by atomic mass is 10.2. The van der Waals surface area contributed by atoms with Gasteiger partial charge in [-0.3, -0.25) is 0 Å². The van der Waals surface area contributed by atoms with Gasteiger partial charge in [0.15, 0.2) is 0 Å². The lowest BCUT2D eigenvalue weighted by Crippen LogP contribution is -2.24. The Hall–Kier alpha value is -2.04. The summed E-state index contributed by atoms with van der Waals surface area (Å²) in [7, 11) is 0. The van der Waals surface area contributed by atoms with Gasteiger partial charge in [-0.05, 0) is 37.1 Å². The molecule has 100 valence electrons. The number of benzene rings is 1. The number of anilines is 2. The summed E-state index contributed by atoms with van der Waals surface area (Å²) in [6.45, 7) is 2.01. The van der Waals surface area contributed by atoms with Crippen LogP contribution in [0.1, 0.15) is 25.7 Å². The predicted octanol–water partition coefficient (Wildman–Crippen LogP) is 2.70. The molecule has 2 heterocycles. The molecule has 0 bridgehead atoms. The van der Waals surface area contributed by atoms with E-state index < -0.39 is 0 Å². The first-order valence-electron chi connectivity index (χ1n) is 6.77. The van der Waals surface area contributed by atoms with E-state index >= 15 is 0 Å². The molecule has 0 saturated carbocycles. The minimum atomic E-state index is 0.555. The summed E-state index contributed by atoms with van der Waals surface area (Å²) in [6.07, 6.45) is 4.96. The topological polar surface area (TPSA) is 68.2 Å². The molecule has 2 N–H and O–H groups in total. The van der Waals surface area contributed by atoms with Crippen LogP contribution < -0.4 is 10.6 Å². The van der Waals surface area contributed by atoms with Gasteiger partial charge < -0.3 is 15.1 Å². The quantitative estimate of drug-likeness (QED) is 0.839. The molecule has 0 aliphatic carbocycles. The molecule has 1 fully saturated rings. The van der Waals surface area contributed by atoms with Gasteiger partial charge in [0, 0.05) is 24.3 Å². The van der Waals surface area contributed by atoms with Crippen molar-refractivity contribution in [1.29, 1.82) is 0 Å². The average Bonchev–Trinajstić information content (AvgIpc) is 2.76. The molecule has 1 aromatic carbocycles. The first-order chi connectivity index (χ1) is 9.33. The lowest BCUT2D eigenvalue weighted by Gasteiger charge is -2.16. The molecule has 0 spiro atoms. The Labute approximate surface area is 112 Å². The molecule has 0 radical (unpaired) electrons. The lowest BCUT2D eigenvalue weighted by molar-refractivity contribution is 0.543. The van der Waals surface area contributed by atoms with E-state index in [1.165, 1.54) is 25.7 Å². The van der Waals surface area contributed by atoms with Crippen LogP contribution >= 0.6 is 0 Å². The first kappa shape index (κ1) is 12.0. The molecule has 2 aromatic rings. The van der Waals surface area contributed by atoms with Crippen LogP contribution in [-0.2, 0) is 0 Å². The molecule has 5 nitrogen and oxygen atoms in total. The highest BCUT2D eigenvalue weighted by Crippen LogP contribution is 2.24. The van der Waals surface area contributed by atoms with Crippen molar-refractivity contribution in [3.8, 4) is 11.5 Å². The number of hydrogen-bond donors (Lipinski definition) is 1. The summed E-state index contributed by atoms with van der Waals surface area (Å²) in [5, 5.41) is 8.28. The van der Waals surface area contributed by atoms with Crippen molar-refractivity contribution in [2.75, 3.05) is 23.7 Å². The van der Waals surface area contributed by atoms with Crippen molar-refractivity contribution in [3.05, 3.63) is 24.3 Å². The number of nitrogens with two attached hydrogens (primary N) is 1. The number of hydrogen-bond acceptors (Lipinski definition) is 5. The second-order valence-corrected chi connectivity index (χ2v) is 4.91. The Bertz CT molecular complexity index is 527. The van der Waals surface area contributed by atoms with Gasteiger partial charge in [-0.15, -0.1) is 5.10 Å². The van der Waals surface area contributed by atoms with E-state index in [0.29, 0.717) is 11.9 Å². The first-order valence-corrected chi connectivity index (χ1v) is 6.77. The average molecular weight is 258 g/mol. The summed E-state index contributed by atoms with van der Waals surface area (Å²) in [6, 6.07) is 8.11. The fourth-order valence-electron chi connectivity index (χ4n) is 2.35. The van der Waals surface area contributed by atoms with Crippen molar-refractivity contribution in [3.63, 3.8) is 0 Å². The van der Waals surface area contributed by atoms with Crippen LogP contribution in [0.3, 0.4) is 0 Å². The highest BCUT2D eigenvalue weighted by molar-refractivity contribution is 5.57. The van der Waals surface area contributed by atoms with Gasteiger partial charge >= 0.3 is 6.01 Å². The molecular formula is C14H18N4O. The predicted molar refractivity (Wildman–Crippen MR) is 74.8 cm³/mol. The second-order valence-electron chi connectivity index (χ2n) is 4.91. The standard InChI is InChI=1S/C14H18N4O/c15-12-7-5-11(6-8-12)13-16-17-14(19-13)18-9-3-1-2-4-10-18/h5-8H,1-4,9-10,15H2. The van der Waals surface area contributed by atoms with Gasteiger partial charge in [0.05, 0.1) is 0 Å². The fraction of sp³-hybridized carbons (Fsp3) is 0.429. The van der Waals surface area contributed by atoms with Crippen molar-refractivity contribution < 1.29 is 4.42 Å². The monoisotopic (exact) mass is 258 g/mol. The van der Waals surface area contributed by atoms with Crippen LogP contribution in [0.15, 0.2) is 28.7 Å². The normalized spacial score (nSPS) is 16.3. The smallest absolute Gasteiger partial charge is 0.318 e. The molecule has 0 unspecified atom stereocenters. The number of nitrogen functional groups attached to an aromatic ring is 1. The van der Waals surface area contributed by atoms with E-state index in [4.69, 9.17) is 10.2 Å². The Kier molecular flexibility index (Phi) is 3.35. The van der Waals surface area contributed by atoms with Crippen molar-refractivity contribution in [1.82, 2.24) is 10.2 Å². The third-order valence-corrected chi connectivity index (χ3v) is 3.45. The molecule has 1 aliphatic heterocycles. The Morgan fingerprint density at radius 2 is 1.63 bits per heavy atom. The maximum absolute atomic E-state index is 5.77. The molecule has 0 atom stereocenters. The zero-order valence-electron chi connectivity index (χ0n) is 10.9. The van der Waals surface area contributed by atoms with Crippen molar-refractivity contribution in [2.45, 2.75) is 25.7 Å². The van der Waals surface area contributed by atoms with E-state index in [9.17, 15) is 0 Å². The van der Waals surface area contributed by atoms with E-state index in [0.717, 1.165) is 24.3 Å². The minimum absolute atomic E-state index is 0.555. The van der Waals surface area contributed by atoms with Crippen LogP contribution in [0, 0.1) is 0 Å². The van der Waals surface area contributed by atoms with Crippen molar-refractivity contribution >= 4 is 11.7 Å². The maximum Gasteiger partial charge on any atom is 0.318 e. The van der Waals surface area contributed by atoms with Gasteiger partial charge in [0.2, 0.25) is 5.89 Å². The third-order valence-electron chi connectivity index (χ3n) is 3.45. The van der Waals surface area contributed by atoms with E-state index in [2.05, 4.69) is 15.1 Å². The van der Waals surface area contributed by atoms with Crippen LogP contribution in [0.2, 0.25) is 0 Å². The maximum atomic E-state index is 5.77. The molecule has 5 heteroatoms. The summed E-state index contributed by atoms with van der Waals surface area (Å²) < 4.78 is 5.77. The Balaban J connectivity index is 1.80. The summed E-state index contributed by atoms with van der Waals surface area (Å²) in [5.74, 6) is 0.555. The Morgan fingerprint density at radius 3 is 2.32 bits per heavy atom. The van der Waals surface area contributed by atoms with Gasteiger partial charge in [0.25, 0.3) is 0 Å². The SMILES string of the molecule is Nc1ccc(-c2nnc(N3CCCCCC3)o2)cc1. The van der Waals surface area contributed by atoms with Crippen molar-refractivity contribution in [2.24, 2.45) is 0 Å². The van der Waals surface area contributed by atoms with Gasteiger partial charge in [-0.2, -0.15) is 0 Å². The molecule has 0 amide bonds. The summed E-state index contributed by atoms with van der Waals surface area (Å²) >= 11 is 0. The second kappa shape index (κ2) is 5.30. The zero-order valence-corrected chi connectivity index (χ0v) is 10.9. The van der Waals surface area contributed by atoms with Gasteiger partial charge in [-0.25, -0.2) is 0 Å². The molecule has 1 aromatic heterocycles. The van der Waals surface area contributed by atoms with Crippen LogP contribution in [0.25, 0.3) is 11.5 Å². The fourth-order valence-corrected chi connectivity index (χ4v) is 2.35. The zero-order chi connectivity index (χ0) is 13.1. The van der Waals surface area contributed by atoms with Gasteiger partial charge in [0.1, 0.15) is 0 Å². The van der Waals surface area contributed by atoms with Crippen LogP contribution in [-0.4, -0.2) is 23.3 Å². The minimum Gasteiger partial charge on any atom is -0.403 e. The van der Waals surface area contributed by atoms with E-state index in [1.807, 2.05) is 24.3 Å². The molecule has 1 saturated heterocycles. The number of nitrogens with zero attached hydrogens (tertiary/aromatic N) is 3. The highest BCUT2D eigenvalue weighted by atomic mass is 16.4. The third kappa shape index (κ3) is 2.70. The Morgan fingerprint density at radius 1 is 0.947 bits per heavy atom. The molecular weight excluding hydrogens is 240 g/mol. The molecule has 1 aliphatic rings. The summed E-state index contributed by atoms with van der Waals surface area (Å²) in [4.78, 5) is 2.18. The van der Waals surface area contributed by atoms with Gasteiger partial charge in [-0.1, -0.05) is 17.9 Å². The van der Waals surface area contributed by atoms with Crippen LogP contribution in [0.4, 0.5) is 11.7 Å². The highest BCUT2D eigenvalue weighted by Gasteiger charge is 2.16. The molecule has 19 heavy (non-hydrogen) atoms.